The summed E-state index contributed by atoms with van der Waals surface area (Å²) in [6.07, 6.45) is 8.25. The zero-order valence-electron chi connectivity index (χ0n) is 22.7. The van der Waals surface area contributed by atoms with Crippen molar-refractivity contribution in [1.29, 1.82) is 0 Å². The number of rotatable bonds is 10. The van der Waals surface area contributed by atoms with Crippen molar-refractivity contribution in [2.45, 2.75) is 60.4 Å². The third kappa shape index (κ3) is 6.40. The molecule has 1 aliphatic carbocycles. The number of carbonyl (C=O) groups excluding carboxylic acids is 1. The molecule has 198 valence electrons. The summed E-state index contributed by atoms with van der Waals surface area (Å²) in [5, 5.41) is 0. The smallest absolute Gasteiger partial charge is 0.343 e. The van der Waals surface area contributed by atoms with E-state index < -0.39 is 17.2 Å². The molecule has 1 heterocycles. The van der Waals surface area contributed by atoms with E-state index in [0.717, 1.165) is 0 Å². The fourth-order valence-corrected chi connectivity index (χ4v) is 4.47. The third-order valence-corrected chi connectivity index (χ3v) is 6.13. The Morgan fingerprint density at radius 2 is 1.92 bits per heavy atom. The minimum absolute atomic E-state index is 0.0851. The zero-order valence-corrected chi connectivity index (χ0v) is 22.7. The lowest BCUT2D eigenvalue weighted by Crippen LogP contribution is -2.32. The van der Waals surface area contributed by atoms with E-state index in [0.29, 0.717) is 48.7 Å². The van der Waals surface area contributed by atoms with Crippen molar-refractivity contribution in [3.05, 3.63) is 63.1 Å². The van der Waals surface area contributed by atoms with Crippen LogP contribution in [0.25, 0.3) is 5.57 Å². The summed E-state index contributed by atoms with van der Waals surface area (Å²) < 4.78 is 33.7. The van der Waals surface area contributed by atoms with Gasteiger partial charge in [-0.05, 0) is 37.3 Å². The van der Waals surface area contributed by atoms with Gasteiger partial charge in [0.05, 0.1) is 18.9 Å². The Hall–Kier alpha value is -3.00. The van der Waals surface area contributed by atoms with Crippen molar-refractivity contribution in [3.8, 4) is 0 Å². The quantitative estimate of drug-likeness (QED) is 0.311. The topological polar surface area (TPSA) is 79.1 Å². The number of allylic oxidation sites excluding steroid dienone is 5. The highest BCUT2D eigenvalue weighted by Crippen LogP contribution is 2.37. The van der Waals surface area contributed by atoms with Gasteiger partial charge in [-0.2, -0.15) is 0 Å². The molecule has 1 aromatic rings. The van der Waals surface area contributed by atoms with Crippen LogP contribution in [-0.2, 0) is 14.2 Å². The lowest BCUT2D eigenvalue weighted by molar-refractivity contribution is 0.0522. The highest BCUT2D eigenvalue weighted by atomic mass is 19.1. The largest absolute Gasteiger partial charge is 0.491 e. The van der Waals surface area contributed by atoms with Crippen LogP contribution in [-0.4, -0.2) is 50.2 Å². The van der Waals surface area contributed by atoms with Crippen molar-refractivity contribution in [2.24, 2.45) is 10.4 Å². The lowest BCUT2D eigenvalue weighted by Gasteiger charge is -2.35. The number of nitrogens with zero attached hydrogens (tertiary/aromatic N) is 2. The van der Waals surface area contributed by atoms with Crippen LogP contribution in [0, 0.1) is 11.2 Å². The van der Waals surface area contributed by atoms with Gasteiger partial charge in [0.1, 0.15) is 17.0 Å². The van der Waals surface area contributed by atoms with Crippen LogP contribution >= 0.6 is 0 Å². The molecule has 1 aromatic heterocycles. The zero-order chi connectivity index (χ0) is 27.0. The van der Waals surface area contributed by atoms with Gasteiger partial charge in [0, 0.05) is 45.0 Å². The second kappa shape index (κ2) is 12.8. The predicted octanol–water partition coefficient (Wildman–Crippen LogP) is 5.51. The SMILES string of the molecule is CCOC(=O)c1cn(C(CC)C(C)(C)C)c(/C(C)=C2\C=CC=C(OCCCOC)\C2=N\C)c(F)c1=O. The number of aromatic nitrogens is 1. The summed E-state index contributed by atoms with van der Waals surface area (Å²) >= 11 is 0. The Labute approximate surface area is 213 Å². The molecule has 2 rings (SSSR count). The number of ether oxygens (including phenoxy) is 3. The third-order valence-electron chi connectivity index (χ3n) is 6.13. The second-order valence-corrected chi connectivity index (χ2v) is 9.65. The first-order valence-corrected chi connectivity index (χ1v) is 12.3. The summed E-state index contributed by atoms with van der Waals surface area (Å²) in [5.41, 5.74) is 0.253. The molecule has 0 radical (unpaired) electrons. The maximum Gasteiger partial charge on any atom is 0.343 e. The van der Waals surface area contributed by atoms with Crippen molar-refractivity contribution in [2.75, 3.05) is 34.0 Å². The highest BCUT2D eigenvalue weighted by molar-refractivity contribution is 6.18. The summed E-state index contributed by atoms with van der Waals surface area (Å²) in [7, 11) is 3.28. The average Bonchev–Trinajstić information content (AvgIpc) is 2.83. The fourth-order valence-electron chi connectivity index (χ4n) is 4.47. The van der Waals surface area contributed by atoms with Gasteiger partial charge in [-0.15, -0.1) is 0 Å². The Kier molecular flexibility index (Phi) is 10.4. The lowest BCUT2D eigenvalue weighted by atomic mass is 9.84. The van der Waals surface area contributed by atoms with E-state index in [1.165, 1.54) is 6.20 Å². The molecule has 0 saturated heterocycles. The first-order chi connectivity index (χ1) is 17.0. The number of pyridine rings is 1. The van der Waals surface area contributed by atoms with Gasteiger partial charge in [-0.25, -0.2) is 9.18 Å². The standard InChI is InChI=1S/C28H39FN2O5/c1-9-22(28(4,5)6)31-17-20(27(33)35-10-2)26(32)23(29)25(31)18(3)19-13-11-14-21(24(19)30-7)36-16-12-15-34-8/h11,13-14,17,22H,9-10,12,15-16H2,1-8H3/b19-18+,30-24+. The molecule has 36 heavy (non-hydrogen) atoms. The van der Waals surface area contributed by atoms with E-state index in [9.17, 15) is 9.59 Å². The summed E-state index contributed by atoms with van der Waals surface area (Å²) in [6, 6.07) is -0.207. The van der Waals surface area contributed by atoms with E-state index >= 15 is 4.39 Å². The molecule has 0 aliphatic heterocycles. The number of hydrogen-bond donors (Lipinski definition) is 0. The summed E-state index contributed by atoms with van der Waals surface area (Å²) in [6.45, 7) is 12.6. The Morgan fingerprint density at radius 3 is 2.47 bits per heavy atom. The Balaban J connectivity index is 2.77. The van der Waals surface area contributed by atoms with Crippen LogP contribution in [0.5, 0.6) is 0 Å². The number of hydrogen-bond acceptors (Lipinski definition) is 6. The summed E-state index contributed by atoms with van der Waals surface area (Å²) in [5.74, 6) is -1.26. The number of methoxy groups -OCH3 is 1. The maximum absolute atomic E-state index is 15.9. The van der Waals surface area contributed by atoms with Crippen LogP contribution in [0.4, 0.5) is 4.39 Å². The minimum Gasteiger partial charge on any atom is -0.491 e. The van der Waals surface area contributed by atoms with Crippen LogP contribution in [0.15, 0.2) is 45.5 Å². The molecule has 1 aliphatic rings. The molecule has 0 N–H and O–H groups in total. The van der Waals surface area contributed by atoms with Crippen LogP contribution in [0.1, 0.15) is 76.5 Å². The van der Waals surface area contributed by atoms with Crippen molar-refractivity contribution in [3.63, 3.8) is 0 Å². The average molecular weight is 503 g/mol. The number of carbonyl (C=O) groups is 1. The molecule has 0 aromatic carbocycles. The maximum atomic E-state index is 15.9. The van der Waals surface area contributed by atoms with E-state index in [1.54, 1.807) is 32.6 Å². The molecule has 0 spiro atoms. The van der Waals surface area contributed by atoms with Crippen molar-refractivity contribution >= 4 is 17.3 Å². The van der Waals surface area contributed by atoms with E-state index in [4.69, 9.17) is 14.2 Å². The number of halogens is 1. The Bertz CT molecular complexity index is 1140. The molecule has 1 unspecified atom stereocenters. The van der Waals surface area contributed by atoms with Gasteiger partial charge in [0.25, 0.3) is 0 Å². The van der Waals surface area contributed by atoms with E-state index in [1.807, 2.05) is 45.9 Å². The molecule has 0 bridgehead atoms. The van der Waals surface area contributed by atoms with Gasteiger partial charge in [-0.3, -0.25) is 9.79 Å². The molecule has 7 nitrogen and oxygen atoms in total. The number of esters is 1. The van der Waals surface area contributed by atoms with Gasteiger partial charge in [0.15, 0.2) is 5.82 Å². The van der Waals surface area contributed by atoms with Crippen LogP contribution in [0.2, 0.25) is 0 Å². The van der Waals surface area contributed by atoms with Gasteiger partial charge < -0.3 is 18.8 Å². The van der Waals surface area contributed by atoms with Crippen LogP contribution in [0.3, 0.4) is 0 Å². The molecule has 8 heteroatoms. The van der Waals surface area contributed by atoms with Gasteiger partial charge >= 0.3 is 5.97 Å². The predicted molar refractivity (Wildman–Crippen MR) is 141 cm³/mol. The molecule has 1 atom stereocenters. The van der Waals surface area contributed by atoms with Crippen molar-refractivity contribution < 1.29 is 23.4 Å². The van der Waals surface area contributed by atoms with Gasteiger partial charge in [0.2, 0.25) is 5.43 Å². The number of aliphatic imine (C=N–C) groups is 1. The van der Waals surface area contributed by atoms with E-state index in [-0.39, 0.29) is 29.3 Å². The fraction of sp³-hybridized carbons (Fsp3) is 0.536. The first-order valence-electron chi connectivity index (χ1n) is 12.3. The summed E-state index contributed by atoms with van der Waals surface area (Å²) in [4.78, 5) is 30.0. The first kappa shape index (κ1) is 29.2. The molecule has 0 saturated carbocycles. The Morgan fingerprint density at radius 1 is 1.22 bits per heavy atom. The molecular weight excluding hydrogens is 463 g/mol. The monoisotopic (exact) mass is 502 g/mol. The highest BCUT2D eigenvalue weighted by Gasteiger charge is 2.32. The minimum atomic E-state index is -0.991. The molecular formula is C28H39FN2O5. The van der Waals surface area contributed by atoms with Crippen LogP contribution < -0.4 is 5.43 Å². The normalized spacial score (nSPS) is 17.1. The van der Waals surface area contributed by atoms with Crippen molar-refractivity contribution in [1.82, 2.24) is 4.57 Å². The van der Waals surface area contributed by atoms with Gasteiger partial charge in [-0.1, -0.05) is 39.8 Å². The second-order valence-electron chi connectivity index (χ2n) is 9.65. The molecule has 0 amide bonds. The van der Waals surface area contributed by atoms with E-state index in [2.05, 4.69) is 4.99 Å². The molecule has 0 fully saturated rings.